The van der Waals surface area contributed by atoms with Crippen LogP contribution in [-0.4, -0.2) is 19.0 Å². The van der Waals surface area contributed by atoms with Crippen molar-refractivity contribution >= 4 is 11.6 Å². The summed E-state index contributed by atoms with van der Waals surface area (Å²) < 4.78 is 5.78. The number of hydrogen-bond acceptors (Lipinski definition) is 3. The highest BCUT2D eigenvalue weighted by Gasteiger charge is 2.57. The van der Waals surface area contributed by atoms with Crippen LogP contribution < -0.4 is 15.4 Å². The Morgan fingerprint density at radius 2 is 1.80 bits per heavy atom. The minimum absolute atomic E-state index is 0.167. The van der Waals surface area contributed by atoms with Gasteiger partial charge >= 0.3 is 0 Å². The first kappa shape index (κ1) is 16.2. The second-order valence-corrected chi connectivity index (χ2v) is 7.16. The van der Waals surface area contributed by atoms with Crippen molar-refractivity contribution in [3.05, 3.63) is 60.2 Å². The van der Waals surface area contributed by atoms with E-state index in [0.29, 0.717) is 6.61 Å². The molecule has 1 amide bonds. The molecule has 4 heteroatoms. The lowest BCUT2D eigenvalue weighted by molar-refractivity contribution is -0.118. The topological polar surface area (TPSA) is 50.4 Å². The Balaban J connectivity index is 1.29. The molecular formula is C21H24N2O2. The molecule has 1 atom stereocenters. The van der Waals surface area contributed by atoms with Gasteiger partial charge in [-0.15, -0.1) is 0 Å². The van der Waals surface area contributed by atoms with E-state index in [1.165, 1.54) is 0 Å². The third-order valence-corrected chi connectivity index (χ3v) is 5.48. The van der Waals surface area contributed by atoms with E-state index in [1.807, 2.05) is 54.6 Å². The first-order chi connectivity index (χ1) is 12.3. The Morgan fingerprint density at radius 3 is 2.52 bits per heavy atom. The summed E-state index contributed by atoms with van der Waals surface area (Å²) >= 11 is 0. The molecule has 4 rings (SSSR count). The normalized spacial score (nSPS) is 20.9. The lowest BCUT2D eigenvalue weighted by atomic mass is 9.92. The van der Waals surface area contributed by atoms with Crippen LogP contribution in [0.4, 0.5) is 5.69 Å². The summed E-state index contributed by atoms with van der Waals surface area (Å²) in [4.78, 5) is 12.5. The standard InChI is InChI=1S/C21H24N2O2/c24-20(19-14-21(19)10-12-22-13-11-21)23-17-6-8-18(9-7-17)25-15-16-4-2-1-3-5-16/h1-9,19,22H,10-15H2,(H,23,24). The fraction of sp³-hybridized carbons (Fsp3) is 0.381. The lowest BCUT2D eigenvalue weighted by Crippen LogP contribution is -2.31. The highest BCUT2D eigenvalue weighted by molar-refractivity contribution is 5.95. The number of ether oxygens (including phenoxy) is 1. The van der Waals surface area contributed by atoms with Crippen molar-refractivity contribution in [2.75, 3.05) is 18.4 Å². The average Bonchev–Trinajstić information content (AvgIpc) is 3.35. The Morgan fingerprint density at radius 1 is 1.08 bits per heavy atom. The highest BCUT2D eigenvalue weighted by Crippen LogP contribution is 2.58. The van der Waals surface area contributed by atoms with Crippen LogP contribution in [0.25, 0.3) is 0 Å². The molecule has 1 saturated heterocycles. The lowest BCUT2D eigenvalue weighted by Gasteiger charge is -2.23. The van der Waals surface area contributed by atoms with Crippen molar-refractivity contribution in [1.29, 1.82) is 0 Å². The maximum atomic E-state index is 12.5. The molecule has 1 aliphatic heterocycles. The fourth-order valence-corrected chi connectivity index (χ4v) is 3.80. The molecule has 2 N–H and O–H groups in total. The third-order valence-electron chi connectivity index (χ3n) is 5.48. The average molecular weight is 336 g/mol. The van der Waals surface area contributed by atoms with Crippen molar-refractivity contribution < 1.29 is 9.53 Å². The van der Waals surface area contributed by atoms with E-state index < -0.39 is 0 Å². The van der Waals surface area contributed by atoms with E-state index in [9.17, 15) is 4.79 Å². The van der Waals surface area contributed by atoms with Crippen LogP contribution >= 0.6 is 0 Å². The largest absolute Gasteiger partial charge is 0.489 e. The van der Waals surface area contributed by atoms with Gasteiger partial charge in [-0.3, -0.25) is 4.79 Å². The van der Waals surface area contributed by atoms with Gasteiger partial charge in [-0.25, -0.2) is 0 Å². The second-order valence-electron chi connectivity index (χ2n) is 7.16. The zero-order chi connectivity index (χ0) is 17.1. The van der Waals surface area contributed by atoms with E-state index in [1.54, 1.807) is 0 Å². The van der Waals surface area contributed by atoms with Crippen LogP contribution in [0.5, 0.6) is 5.75 Å². The molecular weight excluding hydrogens is 312 g/mol. The molecule has 130 valence electrons. The maximum Gasteiger partial charge on any atom is 0.228 e. The molecule has 0 radical (unpaired) electrons. The van der Waals surface area contributed by atoms with E-state index in [2.05, 4.69) is 10.6 Å². The maximum absolute atomic E-state index is 12.5. The van der Waals surface area contributed by atoms with Crippen LogP contribution in [0.1, 0.15) is 24.8 Å². The first-order valence-corrected chi connectivity index (χ1v) is 9.04. The van der Waals surface area contributed by atoms with Gasteiger partial charge in [-0.2, -0.15) is 0 Å². The monoisotopic (exact) mass is 336 g/mol. The molecule has 25 heavy (non-hydrogen) atoms. The molecule has 1 saturated carbocycles. The molecule has 2 aromatic rings. The molecule has 0 aromatic heterocycles. The van der Waals surface area contributed by atoms with Gasteiger partial charge in [0.1, 0.15) is 12.4 Å². The van der Waals surface area contributed by atoms with E-state index in [-0.39, 0.29) is 17.2 Å². The number of nitrogens with one attached hydrogen (secondary N) is 2. The van der Waals surface area contributed by atoms with E-state index >= 15 is 0 Å². The molecule has 1 spiro atoms. The zero-order valence-electron chi connectivity index (χ0n) is 14.3. The SMILES string of the molecule is O=C(Nc1ccc(OCc2ccccc2)cc1)C1CC12CCNCC2. The Hall–Kier alpha value is -2.33. The van der Waals surface area contributed by atoms with Gasteiger partial charge in [-0.1, -0.05) is 30.3 Å². The zero-order valence-corrected chi connectivity index (χ0v) is 14.3. The quantitative estimate of drug-likeness (QED) is 0.877. The van der Waals surface area contributed by atoms with Crippen molar-refractivity contribution in [2.24, 2.45) is 11.3 Å². The van der Waals surface area contributed by atoms with Crippen LogP contribution in [0.3, 0.4) is 0 Å². The predicted octanol–water partition coefficient (Wildman–Crippen LogP) is 3.59. The van der Waals surface area contributed by atoms with Crippen molar-refractivity contribution in [1.82, 2.24) is 5.32 Å². The number of rotatable bonds is 5. The van der Waals surface area contributed by atoms with Gasteiger partial charge in [-0.05, 0) is 67.6 Å². The van der Waals surface area contributed by atoms with Gasteiger partial charge < -0.3 is 15.4 Å². The van der Waals surface area contributed by atoms with Gasteiger partial charge in [0.25, 0.3) is 0 Å². The Labute approximate surface area is 148 Å². The summed E-state index contributed by atoms with van der Waals surface area (Å²) in [6, 6.07) is 17.7. The van der Waals surface area contributed by atoms with Crippen LogP contribution in [0, 0.1) is 11.3 Å². The first-order valence-electron chi connectivity index (χ1n) is 9.04. The minimum atomic E-state index is 0.167. The minimum Gasteiger partial charge on any atom is -0.489 e. The Kier molecular flexibility index (Phi) is 4.45. The van der Waals surface area contributed by atoms with Crippen molar-refractivity contribution in [2.45, 2.75) is 25.9 Å². The summed E-state index contributed by atoms with van der Waals surface area (Å²) in [5, 5.41) is 6.44. The van der Waals surface area contributed by atoms with Gasteiger partial charge in [0.2, 0.25) is 5.91 Å². The molecule has 1 heterocycles. The molecule has 0 bridgehead atoms. The predicted molar refractivity (Wildman–Crippen MR) is 98.5 cm³/mol. The molecule has 2 aliphatic rings. The van der Waals surface area contributed by atoms with Crippen LogP contribution in [-0.2, 0) is 11.4 Å². The number of hydrogen-bond donors (Lipinski definition) is 2. The Bertz CT molecular complexity index is 721. The molecule has 2 fully saturated rings. The van der Waals surface area contributed by atoms with Crippen molar-refractivity contribution in [3.8, 4) is 5.75 Å². The third kappa shape index (κ3) is 3.69. The van der Waals surface area contributed by atoms with Gasteiger partial charge in [0.05, 0.1) is 0 Å². The van der Waals surface area contributed by atoms with Crippen LogP contribution in [0.2, 0.25) is 0 Å². The summed E-state index contributed by atoms with van der Waals surface area (Å²) in [6.07, 6.45) is 3.29. The smallest absolute Gasteiger partial charge is 0.228 e. The second kappa shape index (κ2) is 6.89. The summed E-state index contributed by atoms with van der Waals surface area (Å²) in [5.41, 5.74) is 2.25. The highest BCUT2D eigenvalue weighted by atomic mass is 16.5. The van der Waals surface area contributed by atoms with E-state index in [4.69, 9.17) is 4.74 Å². The molecule has 1 unspecified atom stereocenters. The number of piperidine rings is 1. The summed E-state index contributed by atoms with van der Waals surface area (Å²) in [5.74, 6) is 1.16. The van der Waals surface area contributed by atoms with Crippen molar-refractivity contribution in [3.63, 3.8) is 0 Å². The van der Waals surface area contributed by atoms with E-state index in [0.717, 1.165) is 49.4 Å². The van der Waals surface area contributed by atoms with Gasteiger partial charge in [0, 0.05) is 11.6 Å². The van der Waals surface area contributed by atoms with Gasteiger partial charge in [0.15, 0.2) is 0 Å². The summed E-state index contributed by atoms with van der Waals surface area (Å²) in [7, 11) is 0. The molecule has 2 aromatic carbocycles. The number of benzene rings is 2. The number of carbonyl (C=O) groups is 1. The molecule has 4 nitrogen and oxygen atoms in total. The molecule has 1 aliphatic carbocycles. The van der Waals surface area contributed by atoms with Crippen LogP contribution in [0.15, 0.2) is 54.6 Å². The number of carbonyl (C=O) groups excluding carboxylic acids is 1. The number of anilines is 1. The fourth-order valence-electron chi connectivity index (χ4n) is 3.80. The number of amides is 1. The summed E-state index contributed by atoms with van der Waals surface area (Å²) in [6.45, 7) is 2.62.